The first kappa shape index (κ1) is 17.9. The van der Waals surface area contributed by atoms with Crippen molar-refractivity contribution in [2.45, 2.75) is 24.7 Å². The van der Waals surface area contributed by atoms with Crippen LogP contribution < -0.4 is 5.30 Å². The highest BCUT2D eigenvalue weighted by Gasteiger charge is 2.42. The fourth-order valence-electron chi connectivity index (χ4n) is 4.23. The standard InChI is InChI=1S/C24H24NOP/c1-18-22(25-26)17-23(19-11-5-2-6-12-19)27(21-15-9-4-10-16-21)24(18)20-13-7-3-8-14-20/h2-16,18,23-24,26H,17H2,1H3/b25-22+/t18-,23+,24-,27?/m0/s1. The zero-order valence-electron chi connectivity index (χ0n) is 15.4. The highest BCUT2D eigenvalue weighted by atomic mass is 31.1. The largest absolute Gasteiger partial charge is 0.411 e. The van der Waals surface area contributed by atoms with Crippen LogP contribution in [0.15, 0.2) is 96.2 Å². The Labute approximate surface area is 162 Å². The van der Waals surface area contributed by atoms with E-state index in [1.54, 1.807) is 0 Å². The van der Waals surface area contributed by atoms with E-state index in [9.17, 15) is 5.21 Å². The van der Waals surface area contributed by atoms with Gasteiger partial charge in [0.15, 0.2) is 0 Å². The predicted octanol–water partition coefficient (Wildman–Crippen LogP) is 6.15. The van der Waals surface area contributed by atoms with Crippen LogP contribution in [-0.4, -0.2) is 10.9 Å². The van der Waals surface area contributed by atoms with Gasteiger partial charge in [-0.2, -0.15) is 0 Å². The van der Waals surface area contributed by atoms with Gasteiger partial charge in [0.05, 0.1) is 5.71 Å². The number of nitrogens with zero attached hydrogens (tertiary/aromatic N) is 1. The van der Waals surface area contributed by atoms with Crippen LogP contribution in [0, 0.1) is 5.92 Å². The van der Waals surface area contributed by atoms with E-state index in [-0.39, 0.29) is 5.92 Å². The van der Waals surface area contributed by atoms with Gasteiger partial charge in [-0.3, -0.25) is 0 Å². The Bertz CT molecular complexity index is 895. The summed E-state index contributed by atoms with van der Waals surface area (Å²) in [6.07, 6.45) is 0.811. The fourth-order valence-corrected chi connectivity index (χ4v) is 7.83. The zero-order chi connectivity index (χ0) is 18.6. The SMILES string of the molecule is C[C@H]1/C(=N/O)C[C@H](c2ccccc2)P(c2ccccc2)[C@@H]1c1ccccc1. The Morgan fingerprint density at radius 1 is 0.778 bits per heavy atom. The van der Waals surface area contributed by atoms with Gasteiger partial charge in [-0.25, -0.2) is 0 Å². The van der Waals surface area contributed by atoms with Crippen LogP contribution in [-0.2, 0) is 0 Å². The predicted molar refractivity (Wildman–Crippen MR) is 114 cm³/mol. The first-order valence-electron chi connectivity index (χ1n) is 9.43. The normalized spacial score (nSPS) is 26.8. The molecule has 1 aliphatic rings. The van der Waals surface area contributed by atoms with E-state index in [1.807, 2.05) is 0 Å². The van der Waals surface area contributed by atoms with Gasteiger partial charge in [0, 0.05) is 23.7 Å². The number of oxime groups is 1. The van der Waals surface area contributed by atoms with Crippen molar-refractivity contribution in [3.63, 3.8) is 0 Å². The van der Waals surface area contributed by atoms with Gasteiger partial charge < -0.3 is 5.21 Å². The summed E-state index contributed by atoms with van der Waals surface area (Å²) in [4.78, 5) is 0. The molecule has 1 unspecified atom stereocenters. The van der Waals surface area contributed by atoms with Gasteiger partial charge >= 0.3 is 0 Å². The Balaban J connectivity index is 1.89. The minimum absolute atomic E-state index is 0.212. The third-order valence-corrected chi connectivity index (χ3v) is 8.94. The first-order valence-corrected chi connectivity index (χ1v) is 10.9. The topological polar surface area (TPSA) is 32.6 Å². The molecule has 2 nitrogen and oxygen atoms in total. The summed E-state index contributed by atoms with van der Waals surface area (Å²) in [5.74, 6) is 0.212. The second kappa shape index (κ2) is 8.06. The van der Waals surface area contributed by atoms with Gasteiger partial charge in [-0.1, -0.05) is 111 Å². The minimum Gasteiger partial charge on any atom is -0.411 e. The Kier molecular flexibility index (Phi) is 5.36. The van der Waals surface area contributed by atoms with Crippen molar-refractivity contribution in [1.82, 2.24) is 0 Å². The molecule has 0 amide bonds. The summed E-state index contributed by atoms with van der Waals surface area (Å²) >= 11 is 0. The third kappa shape index (κ3) is 3.55. The van der Waals surface area contributed by atoms with Crippen LogP contribution in [0.5, 0.6) is 0 Å². The lowest BCUT2D eigenvalue weighted by atomic mass is 9.91. The van der Waals surface area contributed by atoms with Crippen molar-refractivity contribution in [3.8, 4) is 0 Å². The molecule has 0 aliphatic carbocycles. The van der Waals surface area contributed by atoms with Crippen molar-refractivity contribution in [3.05, 3.63) is 102 Å². The molecule has 1 N–H and O–H groups in total. The Morgan fingerprint density at radius 2 is 1.30 bits per heavy atom. The number of rotatable bonds is 3. The summed E-state index contributed by atoms with van der Waals surface area (Å²) in [5, 5.41) is 14.9. The van der Waals surface area contributed by atoms with E-state index in [2.05, 4.69) is 103 Å². The molecule has 0 bridgehead atoms. The molecule has 0 aromatic heterocycles. The van der Waals surface area contributed by atoms with E-state index in [0.717, 1.165) is 12.1 Å². The summed E-state index contributed by atoms with van der Waals surface area (Å²) in [6.45, 7) is 2.21. The van der Waals surface area contributed by atoms with Crippen molar-refractivity contribution >= 4 is 18.9 Å². The summed E-state index contributed by atoms with van der Waals surface area (Å²) in [7, 11) is -0.510. The third-order valence-electron chi connectivity index (χ3n) is 5.55. The first-order chi connectivity index (χ1) is 13.3. The van der Waals surface area contributed by atoms with Crippen molar-refractivity contribution < 1.29 is 5.21 Å². The Hall–Kier alpha value is -2.44. The van der Waals surface area contributed by atoms with Crippen molar-refractivity contribution in [2.75, 3.05) is 0 Å². The molecule has 3 aromatic rings. The molecule has 4 atom stereocenters. The lowest BCUT2D eigenvalue weighted by Crippen LogP contribution is -2.30. The average Bonchev–Trinajstić information content (AvgIpc) is 2.75. The quantitative estimate of drug-likeness (QED) is 0.333. The Morgan fingerprint density at radius 3 is 1.85 bits per heavy atom. The lowest BCUT2D eigenvalue weighted by molar-refractivity contribution is 0.312. The van der Waals surface area contributed by atoms with Crippen LogP contribution in [0.3, 0.4) is 0 Å². The fraction of sp³-hybridized carbons (Fsp3) is 0.208. The van der Waals surface area contributed by atoms with Crippen LogP contribution in [0.2, 0.25) is 0 Å². The van der Waals surface area contributed by atoms with E-state index >= 15 is 0 Å². The summed E-state index contributed by atoms with van der Waals surface area (Å²) < 4.78 is 0. The van der Waals surface area contributed by atoms with Crippen LogP contribution in [0.1, 0.15) is 35.8 Å². The number of hydrogen-bond acceptors (Lipinski definition) is 2. The maximum Gasteiger partial charge on any atom is 0.0618 e. The maximum absolute atomic E-state index is 9.74. The minimum atomic E-state index is -0.510. The molecule has 136 valence electrons. The molecular weight excluding hydrogens is 349 g/mol. The molecule has 4 rings (SSSR count). The molecule has 3 heteroatoms. The molecule has 1 aliphatic heterocycles. The molecule has 0 saturated carbocycles. The zero-order valence-corrected chi connectivity index (χ0v) is 16.3. The number of benzene rings is 3. The van der Waals surface area contributed by atoms with Crippen molar-refractivity contribution in [2.24, 2.45) is 11.1 Å². The van der Waals surface area contributed by atoms with Gasteiger partial charge in [0.1, 0.15) is 0 Å². The molecular formula is C24H24NOP. The van der Waals surface area contributed by atoms with Gasteiger partial charge in [-0.05, 0) is 16.4 Å². The van der Waals surface area contributed by atoms with E-state index < -0.39 is 7.92 Å². The van der Waals surface area contributed by atoms with Crippen molar-refractivity contribution in [1.29, 1.82) is 0 Å². The average molecular weight is 373 g/mol. The molecule has 27 heavy (non-hydrogen) atoms. The molecule has 0 radical (unpaired) electrons. The maximum atomic E-state index is 9.74. The summed E-state index contributed by atoms with van der Waals surface area (Å²) in [6, 6.07) is 32.4. The second-order valence-corrected chi connectivity index (χ2v) is 9.62. The van der Waals surface area contributed by atoms with E-state index in [1.165, 1.54) is 16.4 Å². The highest BCUT2D eigenvalue weighted by Crippen LogP contribution is 2.67. The van der Waals surface area contributed by atoms with Crippen LogP contribution in [0.4, 0.5) is 0 Å². The van der Waals surface area contributed by atoms with Gasteiger partial charge in [-0.15, -0.1) is 0 Å². The molecule has 1 heterocycles. The summed E-state index contributed by atoms with van der Waals surface area (Å²) in [5.41, 5.74) is 4.25. The lowest BCUT2D eigenvalue weighted by Gasteiger charge is -2.43. The van der Waals surface area contributed by atoms with Crippen LogP contribution >= 0.6 is 7.92 Å². The molecule has 3 aromatic carbocycles. The van der Waals surface area contributed by atoms with Gasteiger partial charge in [0.25, 0.3) is 0 Å². The highest BCUT2D eigenvalue weighted by molar-refractivity contribution is 7.66. The monoisotopic (exact) mass is 373 g/mol. The molecule has 0 spiro atoms. The van der Waals surface area contributed by atoms with Gasteiger partial charge in [0.2, 0.25) is 0 Å². The molecule has 1 fully saturated rings. The van der Waals surface area contributed by atoms with Crippen LogP contribution in [0.25, 0.3) is 0 Å². The van der Waals surface area contributed by atoms with E-state index in [0.29, 0.717) is 11.3 Å². The smallest absolute Gasteiger partial charge is 0.0618 e. The van der Waals surface area contributed by atoms with E-state index in [4.69, 9.17) is 0 Å². The molecule has 1 saturated heterocycles. The second-order valence-electron chi connectivity index (χ2n) is 7.11. The number of hydrogen-bond donors (Lipinski definition) is 1.